The van der Waals surface area contributed by atoms with Gasteiger partial charge in [0.2, 0.25) is 5.91 Å². The lowest BCUT2D eigenvalue weighted by Crippen LogP contribution is -2.39. The molecule has 1 aromatic carbocycles. The van der Waals surface area contributed by atoms with E-state index in [1.165, 1.54) is 0 Å². The van der Waals surface area contributed by atoms with E-state index in [2.05, 4.69) is 15.7 Å². The number of nitrogens with one attached hydrogen (secondary N) is 2. The molecule has 0 spiro atoms. The lowest BCUT2D eigenvalue weighted by Gasteiger charge is -2.20. The molecule has 2 aromatic rings. The highest BCUT2D eigenvalue weighted by Crippen LogP contribution is 2.19. The van der Waals surface area contributed by atoms with Gasteiger partial charge in [0.1, 0.15) is 0 Å². The second kappa shape index (κ2) is 7.15. The topological polar surface area (TPSA) is 59.0 Å². The molecule has 2 atom stereocenters. The van der Waals surface area contributed by atoms with E-state index in [0.29, 0.717) is 5.02 Å². The Balaban J connectivity index is 2.01. The van der Waals surface area contributed by atoms with Crippen LogP contribution in [0.4, 0.5) is 5.69 Å². The fraction of sp³-hybridized carbons (Fsp3) is 0.412. The molecule has 0 unspecified atom stereocenters. The first-order valence-corrected chi connectivity index (χ1v) is 8.00. The Labute approximate surface area is 142 Å². The average molecular weight is 335 g/mol. The quantitative estimate of drug-likeness (QED) is 0.881. The van der Waals surface area contributed by atoms with Crippen LogP contribution in [0.15, 0.2) is 24.3 Å². The van der Waals surface area contributed by atoms with Crippen LogP contribution >= 0.6 is 11.6 Å². The molecule has 0 saturated carbocycles. The van der Waals surface area contributed by atoms with Crippen LogP contribution in [0.25, 0.3) is 0 Å². The second-order valence-electron chi connectivity index (χ2n) is 5.82. The van der Waals surface area contributed by atoms with Crippen LogP contribution in [-0.2, 0) is 11.8 Å². The third-order valence-electron chi connectivity index (χ3n) is 4.02. The van der Waals surface area contributed by atoms with Crippen molar-refractivity contribution in [1.29, 1.82) is 0 Å². The Morgan fingerprint density at radius 1 is 1.22 bits per heavy atom. The van der Waals surface area contributed by atoms with Gasteiger partial charge in [-0.05, 0) is 45.4 Å². The van der Waals surface area contributed by atoms with Crippen LogP contribution in [-0.4, -0.2) is 21.7 Å². The van der Waals surface area contributed by atoms with Gasteiger partial charge >= 0.3 is 0 Å². The van der Waals surface area contributed by atoms with Crippen molar-refractivity contribution >= 4 is 23.2 Å². The Kier molecular flexibility index (Phi) is 5.44. The van der Waals surface area contributed by atoms with Crippen molar-refractivity contribution in [3.8, 4) is 0 Å². The Morgan fingerprint density at radius 3 is 2.35 bits per heavy atom. The van der Waals surface area contributed by atoms with E-state index in [1.807, 2.05) is 59.0 Å². The normalized spacial score (nSPS) is 13.7. The van der Waals surface area contributed by atoms with Crippen molar-refractivity contribution in [3.05, 3.63) is 46.2 Å². The van der Waals surface area contributed by atoms with Crippen molar-refractivity contribution in [3.63, 3.8) is 0 Å². The van der Waals surface area contributed by atoms with E-state index in [-0.39, 0.29) is 18.0 Å². The van der Waals surface area contributed by atoms with Gasteiger partial charge in [0.05, 0.1) is 23.1 Å². The van der Waals surface area contributed by atoms with Crippen LogP contribution < -0.4 is 10.6 Å². The summed E-state index contributed by atoms with van der Waals surface area (Å²) in [5, 5.41) is 11.3. The molecule has 0 saturated heterocycles. The Morgan fingerprint density at radius 2 is 1.83 bits per heavy atom. The minimum Gasteiger partial charge on any atom is -0.322 e. The van der Waals surface area contributed by atoms with Gasteiger partial charge in [-0.25, -0.2) is 0 Å². The molecule has 0 aliphatic rings. The summed E-state index contributed by atoms with van der Waals surface area (Å²) >= 11 is 5.90. The molecule has 1 aromatic heterocycles. The lowest BCUT2D eigenvalue weighted by atomic mass is 10.1. The average Bonchev–Trinajstić information content (AvgIpc) is 2.74. The highest BCUT2D eigenvalue weighted by Gasteiger charge is 2.19. The van der Waals surface area contributed by atoms with E-state index in [4.69, 9.17) is 11.6 Å². The van der Waals surface area contributed by atoms with Gasteiger partial charge < -0.3 is 5.32 Å². The number of amides is 1. The molecule has 1 amide bonds. The van der Waals surface area contributed by atoms with Crippen LogP contribution in [0, 0.1) is 13.8 Å². The molecule has 2 rings (SSSR count). The summed E-state index contributed by atoms with van der Waals surface area (Å²) in [4.78, 5) is 12.4. The molecular weight excluding hydrogens is 312 g/mol. The number of anilines is 1. The zero-order valence-electron chi connectivity index (χ0n) is 14.1. The first kappa shape index (κ1) is 17.5. The molecule has 5 nitrogen and oxygen atoms in total. The van der Waals surface area contributed by atoms with E-state index in [0.717, 1.165) is 22.6 Å². The van der Waals surface area contributed by atoms with Gasteiger partial charge in [0.25, 0.3) is 0 Å². The van der Waals surface area contributed by atoms with Crippen LogP contribution in [0.3, 0.4) is 0 Å². The number of carbonyl (C=O) groups excluding carboxylic acids is 1. The standard InChI is InChI=1S/C17H23ClN4O/c1-10(14-6-8-15(18)9-7-14)19-12(3)17(23)20-16-11(2)21-22(5)13(16)4/h6-10,12,19H,1-5H3,(H,20,23)/t10-,12+/m1/s1. The predicted molar refractivity (Wildman–Crippen MR) is 93.8 cm³/mol. The molecule has 0 fully saturated rings. The first-order valence-electron chi connectivity index (χ1n) is 7.62. The smallest absolute Gasteiger partial charge is 0.241 e. The molecule has 23 heavy (non-hydrogen) atoms. The number of benzene rings is 1. The van der Waals surface area contributed by atoms with Gasteiger partial charge in [-0.2, -0.15) is 5.10 Å². The summed E-state index contributed by atoms with van der Waals surface area (Å²) in [5.74, 6) is -0.0787. The predicted octanol–water partition coefficient (Wildman–Crippen LogP) is 3.37. The maximum Gasteiger partial charge on any atom is 0.241 e. The molecule has 0 bridgehead atoms. The molecular formula is C17H23ClN4O. The zero-order chi connectivity index (χ0) is 17.1. The minimum atomic E-state index is -0.334. The Bertz CT molecular complexity index is 693. The van der Waals surface area contributed by atoms with Crippen molar-refractivity contribution in [2.75, 3.05) is 5.32 Å². The second-order valence-corrected chi connectivity index (χ2v) is 6.26. The number of halogens is 1. The summed E-state index contributed by atoms with van der Waals surface area (Å²) in [6, 6.07) is 7.33. The molecule has 0 aliphatic carbocycles. The first-order chi connectivity index (χ1) is 10.8. The third-order valence-corrected chi connectivity index (χ3v) is 4.27. The highest BCUT2D eigenvalue weighted by molar-refractivity contribution is 6.30. The summed E-state index contributed by atoms with van der Waals surface area (Å²) in [5.41, 5.74) is 3.62. The zero-order valence-corrected chi connectivity index (χ0v) is 14.9. The number of nitrogens with zero attached hydrogens (tertiary/aromatic N) is 2. The third kappa shape index (κ3) is 4.12. The van der Waals surface area contributed by atoms with Crippen LogP contribution in [0.1, 0.15) is 36.8 Å². The van der Waals surface area contributed by atoms with Gasteiger partial charge in [0.15, 0.2) is 0 Å². The molecule has 2 N–H and O–H groups in total. The number of hydrogen-bond acceptors (Lipinski definition) is 3. The SMILES string of the molecule is Cc1nn(C)c(C)c1NC(=O)[C@H](C)N[C@H](C)c1ccc(Cl)cc1. The molecule has 6 heteroatoms. The number of aryl methyl sites for hydroxylation is 2. The van der Waals surface area contributed by atoms with Crippen LogP contribution in [0.5, 0.6) is 0 Å². The van der Waals surface area contributed by atoms with E-state index in [1.54, 1.807) is 4.68 Å². The maximum atomic E-state index is 12.4. The van der Waals surface area contributed by atoms with E-state index in [9.17, 15) is 4.79 Å². The molecule has 0 aliphatic heterocycles. The van der Waals surface area contributed by atoms with Crippen molar-refractivity contribution in [2.45, 2.75) is 39.8 Å². The molecule has 124 valence electrons. The van der Waals surface area contributed by atoms with Crippen LogP contribution in [0.2, 0.25) is 5.02 Å². The maximum absolute atomic E-state index is 12.4. The minimum absolute atomic E-state index is 0.0455. The number of rotatable bonds is 5. The van der Waals surface area contributed by atoms with Crippen molar-refractivity contribution in [2.24, 2.45) is 7.05 Å². The fourth-order valence-electron chi connectivity index (χ4n) is 2.48. The molecule has 1 heterocycles. The Hall–Kier alpha value is -1.85. The number of aromatic nitrogens is 2. The lowest BCUT2D eigenvalue weighted by molar-refractivity contribution is -0.117. The summed E-state index contributed by atoms with van der Waals surface area (Å²) < 4.78 is 1.76. The monoisotopic (exact) mass is 334 g/mol. The van der Waals surface area contributed by atoms with Gasteiger partial charge in [-0.1, -0.05) is 23.7 Å². The van der Waals surface area contributed by atoms with Gasteiger partial charge in [0, 0.05) is 18.1 Å². The largest absolute Gasteiger partial charge is 0.322 e. The van der Waals surface area contributed by atoms with Gasteiger partial charge in [-0.3, -0.25) is 14.8 Å². The van der Waals surface area contributed by atoms with Crippen molar-refractivity contribution < 1.29 is 4.79 Å². The summed E-state index contributed by atoms with van der Waals surface area (Å²) in [6.07, 6.45) is 0. The van der Waals surface area contributed by atoms with E-state index < -0.39 is 0 Å². The van der Waals surface area contributed by atoms with E-state index >= 15 is 0 Å². The number of hydrogen-bond donors (Lipinski definition) is 2. The van der Waals surface area contributed by atoms with Gasteiger partial charge in [-0.15, -0.1) is 0 Å². The van der Waals surface area contributed by atoms with Crippen molar-refractivity contribution in [1.82, 2.24) is 15.1 Å². The molecule has 0 radical (unpaired) electrons. The summed E-state index contributed by atoms with van der Waals surface area (Å²) in [6.45, 7) is 7.69. The number of carbonyl (C=O) groups is 1. The summed E-state index contributed by atoms with van der Waals surface area (Å²) in [7, 11) is 1.86. The fourth-order valence-corrected chi connectivity index (χ4v) is 2.61. The highest BCUT2D eigenvalue weighted by atomic mass is 35.5.